The maximum Gasteiger partial charge on any atom is 3.00 e. The number of hydrogen-bond donors (Lipinski definition) is 0. The minimum atomic E-state index is -2.19. The molecule has 2 heterocycles. The van der Waals surface area contributed by atoms with Crippen LogP contribution in [-0.2, 0) is 170 Å². The fourth-order valence-electron chi connectivity index (χ4n) is 3.75. The van der Waals surface area contributed by atoms with Crippen LogP contribution >= 0.6 is 0 Å². The van der Waals surface area contributed by atoms with Crippen LogP contribution in [0, 0.1) is 0 Å². The van der Waals surface area contributed by atoms with Crippen LogP contribution in [0.15, 0.2) is 24.3 Å². The molecule has 2 aliphatic rings. The quantitative estimate of drug-likeness (QED) is 0.115. The summed E-state index contributed by atoms with van der Waals surface area (Å²) in [4.78, 5) is 112. The summed E-state index contributed by atoms with van der Waals surface area (Å²) in [6, 6.07) is 9.08. The second-order valence-electron chi connectivity index (χ2n) is 10.1. The third kappa shape index (κ3) is 73.8. The van der Waals surface area contributed by atoms with Gasteiger partial charge in [0.25, 0.3) is 11.7 Å². The Morgan fingerprint density at radius 2 is 0.487 bits per heavy atom. The maximum atomic E-state index is 8.93. The van der Waals surface area contributed by atoms with Gasteiger partial charge in [-0.05, 0) is 24.3 Å². The van der Waals surface area contributed by atoms with Gasteiger partial charge < -0.3 is 195 Å². The fraction of sp³-hybridized carbons (Fsp3) is 0.333. The van der Waals surface area contributed by atoms with Crippen molar-refractivity contribution in [1.82, 2.24) is 9.80 Å². The van der Waals surface area contributed by atoms with Crippen molar-refractivity contribution >= 4 is 83.3 Å². The number of benzene rings is 1. The normalized spacial score (nSPS) is 9.26. The van der Waals surface area contributed by atoms with E-state index in [9.17, 15) is 0 Å². The molecule has 0 saturated carbocycles. The first kappa shape index (κ1) is 144. The Kier molecular flexibility index (Phi) is 147. The van der Waals surface area contributed by atoms with Gasteiger partial charge in [-0.25, -0.2) is 0 Å². The third-order valence-electron chi connectivity index (χ3n) is 5.82. The van der Waals surface area contributed by atoms with Crippen molar-refractivity contribution in [3.8, 4) is 0 Å². The molecule has 36 N–H and O–H groups in total. The zero-order valence-electron chi connectivity index (χ0n) is 39.2. The summed E-state index contributed by atoms with van der Waals surface area (Å²) in [6.07, 6.45) is 2.48. The number of rotatable bonds is 2. The van der Waals surface area contributed by atoms with E-state index in [4.69, 9.17) is 119 Å². The number of carboxylic acids is 12. The van der Waals surface area contributed by atoms with E-state index in [1.54, 1.807) is 0 Å². The van der Waals surface area contributed by atoms with Crippen LogP contribution < -0.4 is 61.3 Å². The van der Waals surface area contributed by atoms with E-state index in [0.29, 0.717) is 0 Å². The van der Waals surface area contributed by atoms with Gasteiger partial charge in [0.15, 0.2) is 0 Å². The Morgan fingerprint density at radius 3 is 0.579 bits per heavy atom. The van der Waals surface area contributed by atoms with E-state index >= 15 is 0 Å². The summed E-state index contributed by atoms with van der Waals surface area (Å²) < 4.78 is 4.73. The third-order valence-corrected chi connectivity index (χ3v) is 5.82. The van der Waals surface area contributed by atoms with E-state index in [0.717, 1.165) is 26.2 Å². The molecule has 42 nitrogen and oxygen atoms in total. The maximum absolute atomic E-state index is 8.93. The number of aliphatic carboxylic acids is 12. The molecule has 0 saturated heterocycles. The van der Waals surface area contributed by atoms with E-state index in [2.05, 4.69) is 71.4 Å². The molecule has 0 atom stereocenters. The van der Waals surface area contributed by atoms with Gasteiger partial charge in [-0.15, -0.1) is 0 Å². The standard InChI is InChI=1S/C18H28N4.6C2H2O4.2Fe.2Mn.14H2O/c1-19-11-5-12-20(2)17(19)15-7-9-16(10-8-15)18-21(3)13-6-14-22(18)4;6*3-1(4)2(5)6;;;;;;;;;;;;;;;;;;/h7-10H,5-6,11-14H2,1-4H3;6*(H,3,4)(H,5,6);;;;;14*1H2/q+2;;;;;;;+2;+3;+2;+3;;;;;;;;;;;;;;/p-4. The Labute approximate surface area is 467 Å². The number of hydrogen-bond acceptors (Lipinski definition) is 26. The van der Waals surface area contributed by atoms with Crippen LogP contribution in [-0.4, -0.2) is 189 Å². The topological polar surface area (TPSA) is 947 Å². The van der Waals surface area contributed by atoms with Gasteiger partial charge >= 0.3 is 68.3 Å². The van der Waals surface area contributed by atoms with Crippen LogP contribution in [0.4, 0.5) is 0 Å². The SMILES string of the molecule is CN1CCC[N+](C)=C1c1ccc(C2=[N+](C)CCCN2C)cc1.O.O.O.O.O.O.O=C([O-])C(=O)[O-].O=C([O-])C(=O)[O-].O=C([O-])C(=O)[O-].O=C([O-])C(=O)[O-].O=C([O-])C(=O)[O-].O=C([O-])C(=O)[O-].[Fe+2].[Fe+3].[Mn+2].[Mn+3].[OH3+].[OH3+].[OH3+].[OH3+].[OH3+].[OH3+].[OH3+].[OH3+]. The molecular formula is C30H64Fe2Mn2N4O38+8. The summed E-state index contributed by atoms with van der Waals surface area (Å²) in [5.74, 6) is -23.5. The average Bonchev–Trinajstić information content (AvgIpc) is 3.10. The van der Waals surface area contributed by atoms with Crippen LogP contribution in [0.25, 0.3) is 0 Å². The number of nitrogens with zero attached hydrogens (tertiary/aromatic N) is 4. The van der Waals surface area contributed by atoms with Crippen LogP contribution in [0.1, 0.15) is 24.0 Å². The Hall–Kier alpha value is -6.68. The zero-order chi connectivity index (χ0) is 46.6. The molecule has 0 aliphatic carbocycles. The predicted octanol–water partition coefficient (Wildman–Crippen LogP) is -32.3. The second-order valence-corrected chi connectivity index (χ2v) is 10.1. The monoisotopic (exact) mass is 1310 g/mol. The van der Waals surface area contributed by atoms with E-state index in [1.165, 1.54) is 35.6 Å². The van der Waals surface area contributed by atoms with Crippen molar-refractivity contribution in [1.29, 1.82) is 0 Å². The molecule has 1 aromatic rings. The van der Waals surface area contributed by atoms with E-state index in [-0.39, 0.29) is 145 Å². The van der Waals surface area contributed by atoms with Crippen LogP contribution in [0.5, 0.6) is 0 Å². The van der Waals surface area contributed by atoms with Gasteiger partial charge in [0.2, 0.25) is 0 Å². The van der Waals surface area contributed by atoms with Crippen molar-refractivity contribution in [3.05, 3.63) is 35.4 Å². The summed E-state index contributed by atoms with van der Waals surface area (Å²) in [5.41, 5.74) is 2.63. The summed E-state index contributed by atoms with van der Waals surface area (Å²) in [7, 11) is 8.76. The van der Waals surface area contributed by atoms with E-state index < -0.39 is 71.6 Å². The van der Waals surface area contributed by atoms with Crippen molar-refractivity contribution < 1.29 is 273 Å². The molecule has 46 heteroatoms. The van der Waals surface area contributed by atoms with Crippen molar-refractivity contribution in [3.63, 3.8) is 0 Å². The minimum Gasteiger partial charge on any atom is -0.543 e. The molecule has 1 aromatic carbocycles. The molecule has 0 amide bonds. The minimum absolute atomic E-state index is 0. The summed E-state index contributed by atoms with van der Waals surface area (Å²) >= 11 is 0. The van der Waals surface area contributed by atoms with Gasteiger partial charge in [0, 0.05) is 12.8 Å². The first-order valence-corrected chi connectivity index (χ1v) is 14.7. The molecule has 0 unspecified atom stereocenters. The molecule has 2 radical (unpaired) electrons. The largest absolute Gasteiger partial charge is 3.00 e. The number of carbonyl (C=O) groups excluding carboxylic acids is 12. The number of carbonyl (C=O) groups is 12. The smallest absolute Gasteiger partial charge is 0.543 e. The molecule has 0 fully saturated rings. The molecular weight excluding hydrogens is 1250 g/mol. The molecule has 454 valence electrons. The van der Waals surface area contributed by atoms with Gasteiger partial charge in [-0.3, -0.25) is 19.0 Å². The van der Waals surface area contributed by atoms with Gasteiger partial charge in [0.05, 0.1) is 137 Å². The average molecular weight is 1310 g/mol. The predicted molar refractivity (Wildman–Crippen MR) is 212 cm³/mol. The summed E-state index contributed by atoms with van der Waals surface area (Å²) in [5, 5.41) is 107. The molecule has 0 spiro atoms. The molecule has 0 aromatic heterocycles. The Bertz CT molecular complexity index is 1490. The first-order valence-electron chi connectivity index (χ1n) is 14.7. The van der Waals surface area contributed by atoms with Crippen LogP contribution in [0.3, 0.4) is 0 Å². The molecule has 3 rings (SSSR count). The number of amidine groups is 2. The molecule has 76 heavy (non-hydrogen) atoms. The van der Waals surface area contributed by atoms with Gasteiger partial charge in [-0.2, -0.15) is 0 Å². The van der Waals surface area contributed by atoms with Crippen LogP contribution in [0.2, 0.25) is 0 Å². The van der Waals surface area contributed by atoms with E-state index in [1.807, 2.05) is 0 Å². The fourth-order valence-corrected chi connectivity index (χ4v) is 3.75. The van der Waals surface area contributed by atoms with Crippen molar-refractivity contribution in [2.24, 2.45) is 0 Å². The Morgan fingerprint density at radius 1 is 0.368 bits per heavy atom. The number of carboxylic acid groups (broad SMARTS) is 12. The Balaban J connectivity index is -0.0000000236. The van der Waals surface area contributed by atoms with Gasteiger partial charge in [-0.1, -0.05) is 0 Å². The van der Waals surface area contributed by atoms with Gasteiger partial charge in [0.1, 0.15) is 0 Å². The molecule has 2 aliphatic heterocycles. The second kappa shape index (κ2) is 77.2. The van der Waals surface area contributed by atoms with Crippen molar-refractivity contribution in [2.75, 3.05) is 54.4 Å². The zero-order valence-corrected chi connectivity index (χ0v) is 43.8. The first-order chi connectivity index (χ1) is 26.4. The molecule has 0 bridgehead atoms. The van der Waals surface area contributed by atoms with Crippen molar-refractivity contribution in [2.45, 2.75) is 12.8 Å². The summed E-state index contributed by atoms with van der Waals surface area (Å²) in [6.45, 7) is 4.57.